The Morgan fingerprint density at radius 2 is 2.00 bits per heavy atom. The number of nitrogens with zero attached hydrogens (tertiary/aromatic N) is 3. The molecule has 1 fully saturated rings. The first-order chi connectivity index (χ1) is 11.1. The zero-order valence-corrected chi connectivity index (χ0v) is 14.3. The third-order valence-corrected chi connectivity index (χ3v) is 4.89. The van der Waals surface area contributed by atoms with Crippen molar-refractivity contribution in [2.75, 3.05) is 20.1 Å². The highest BCUT2D eigenvalue weighted by atomic mass is 35.5. The van der Waals surface area contributed by atoms with Gasteiger partial charge in [0.15, 0.2) is 5.69 Å². The van der Waals surface area contributed by atoms with Crippen LogP contribution in [0.15, 0.2) is 30.5 Å². The van der Waals surface area contributed by atoms with Crippen LogP contribution in [0.4, 0.5) is 0 Å². The zero-order valence-electron chi connectivity index (χ0n) is 12.8. The molecule has 5 nitrogen and oxygen atoms in total. The molecule has 23 heavy (non-hydrogen) atoms. The number of benzene rings is 1. The van der Waals surface area contributed by atoms with Crippen LogP contribution in [0.25, 0.3) is 5.69 Å². The predicted octanol–water partition coefficient (Wildman–Crippen LogP) is 3.00. The lowest BCUT2D eigenvalue weighted by molar-refractivity contribution is 0.0697. The van der Waals surface area contributed by atoms with E-state index in [-0.39, 0.29) is 11.9 Å². The third kappa shape index (κ3) is 3.52. The summed E-state index contributed by atoms with van der Waals surface area (Å²) in [7, 11) is 1.84. The van der Waals surface area contributed by atoms with Crippen molar-refractivity contribution in [3.8, 4) is 5.69 Å². The van der Waals surface area contributed by atoms with E-state index in [2.05, 4.69) is 10.4 Å². The van der Waals surface area contributed by atoms with Gasteiger partial charge < -0.3 is 10.2 Å². The molecule has 0 unspecified atom stereocenters. The Balaban J connectivity index is 1.77. The number of hydrogen-bond donors (Lipinski definition) is 1. The number of aromatic nitrogens is 2. The summed E-state index contributed by atoms with van der Waals surface area (Å²) in [5.41, 5.74) is 1.19. The molecule has 1 aliphatic rings. The third-order valence-electron chi connectivity index (χ3n) is 4.15. The van der Waals surface area contributed by atoms with E-state index in [1.54, 1.807) is 34.0 Å². The summed E-state index contributed by atoms with van der Waals surface area (Å²) in [4.78, 5) is 14.4. The maximum Gasteiger partial charge on any atom is 0.274 e. The van der Waals surface area contributed by atoms with E-state index in [0.29, 0.717) is 15.7 Å². The number of nitrogens with one attached hydrogen (secondary N) is 1. The Labute approximate surface area is 145 Å². The van der Waals surface area contributed by atoms with E-state index < -0.39 is 0 Å². The zero-order chi connectivity index (χ0) is 16.4. The minimum atomic E-state index is -0.0595. The van der Waals surface area contributed by atoms with Gasteiger partial charge in [-0.25, -0.2) is 4.68 Å². The fourth-order valence-corrected chi connectivity index (χ4v) is 3.04. The molecule has 1 amide bonds. The van der Waals surface area contributed by atoms with Crippen molar-refractivity contribution in [2.24, 2.45) is 0 Å². The van der Waals surface area contributed by atoms with Crippen molar-refractivity contribution < 1.29 is 4.79 Å². The van der Waals surface area contributed by atoms with Crippen molar-refractivity contribution in [3.63, 3.8) is 0 Å². The minimum absolute atomic E-state index is 0.0595. The smallest absolute Gasteiger partial charge is 0.274 e. The molecular weight excluding hydrogens is 335 g/mol. The van der Waals surface area contributed by atoms with Gasteiger partial charge in [0.1, 0.15) is 0 Å². The van der Waals surface area contributed by atoms with Crippen LogP contribution >= 0.6 is 23.2 Å². The molecule has 0 radical (unpaired) electrons. The van der Waals surface area contributed by atoms with E-state index >= 15 is 0 Å². The molecular formula is C16H18Cl2N4O. The van der Waals surface area contributed by atoms with Crippen LogP contribution in [0.1, 0.15) is 23.3 Å². The normalized spacial score (nSPS) is 15.6. The fraction of sp³-hybridized carbons (Fsp3) is 0.375. The van der Waals surface area contributed by atoms with Gasteiger partial charge >= 0.3 is 0 Å². The molecule has 1 N–H and O–H groups in total. The molecule has 122 valence electrons. The summed E-state index contributed by atoms with van der Waals surface area (Å²) in [5.74, 6) is -0.0595. The molecule has 0 aliphatic carbocycles. The van der Waals surface area contributed by atoms with Crippen LogP contribution in [0.3, 0.4) is 0 Å². The number of hydrogen-bond acceptors (Lipinski definition) is 3. The number of rotatable bonds is 3. The summed E-state index contributed by atoms with van der Waals surface area (Å²) in [6.45, 7) is 1.89. The molecule has 1 aromatic heterocycles. The SMILES string of the molecule is CN(C(=O)c1ccn(-c2ccc(Cl)c(Cl)c2)n1)C1CCNCC1. The van der Waals surface area contributed by atoms with Crippen molar-refractivity contribution in [3.05, 3.63) is 46.2 Å². The molecule has 7 heteroatoms. The Morgan fingerprint density at radius 1 is 1.26 bits per heavy atom. The summed E-state index contributed by atoms with van der Waals surface area (Å²) >= 11 is 12.0. The van der Waals surface area contributed by atoms with E-state index in [1.807, 2.05) is 13.1 Å². The number of halogens is 2. The van der Waals surface area contributed by atoms with E-state index in [4.69, 9.17) is 23.2 Å². The van der Waals surface area contributed by atoms with E-state index in [1.165, 1.54) is 0 Å². The van der Waals surface area contributed by atoms with Gasteiger partial charge in [0, 0.05) is 19.3 Å². The molecule has 0 spiro atoms. The van der Waals surface area contributed by atoms with Crippen molar-refractivity contribution in [2.45, 2.75) is 18.9 Å². The molecule has 1 aliphatic heterocycles. The van der Waals surface area contributed by atoms with Gasteiger partial charge in [0.05, 0.1) is 15.7 Å². The van der Waals surface area contributed by atoms with Crippen LogP contribution in [0.5, 0.6) is 0 Å². The first-order valence-electron chi connectivity index (χ1n) is 7.55. The first kappa shape index (κ1) is 16.3. The highest BCUT2D eigenvalue weighted by Crippen LogP contribution is 2.24. The summed E-state index contributed by atoms with van der Waals surface area (Å²) in [5, 5.41) is 8.63. The Kier molecular flexibility index (Phi) is 4.90. The Hall–Kier alpha value is -1.56. The van der Waals surface area contributed by atoms with Crippen LogP contribution in [0.2, 0.25) is 10.0 Å². The average molecular weight is 353 g/mol. The van der Waals surface area contributed by atoms with Crippen LogP contribution in [0, 0.1) is 0 Å². The monoisotopic (exact) mass is 352 g/mol. The van der Waals surface area contributed by atoms with E-state index in [9.17, 15) is 4.79 Å². The second-order valence-electron chi connectivity index (χ2n) is 5.64. The van der Waals surface area contributed by atoms with Crippen molar-refractivity contribution >= 4 is 29.1 Å². The molecule has 2 aromatic rings. The minimum Gasteiger partial charge on any atom is -0.337 e. The first-order valence-corrected chi connectivity index (χ1v) is 8.31. The van der Waals surface area contributed by atoms with Gasteiger partial charge in [-0.1, -0.05) is 23.2 Å². The second kappa shape index (κ2) is 6.91. The lowest BCUT2D eigenvalue weighted by Gasteiger charge is -2.31. The summed E-state index contributed by atoms with van der Waals surface area (Å²) in [6, 6.07) is 7.23. The van der Waals surface area contributed by atoms with E-state index in [0.717, 1.165) is 31.6 Å². The number of piperidine rings is 1. The summed E-state index contributed by atoms with van der Waals surface area (Å²) < 4.78 is 1.63. The highest BCUT2D eigenvalue weighted by Gasteiger charge is 2.24. The van der Waals surface area contributed by atoms with Gasteiger partial charge in [-0.05, 0) is 50.2 Å². The molecule has 3 rings (SSSR count). The average Bonchev–Trinajstić information content (AvgIpc) is 3.07. The van der Waals surface area contributed by atoms with Gasteiger partial charge in [0.2, 0.25) is 0 Å². The topological polar surface area (TPSA) is 50.2 Å². The number of carbonyl (C=O) groups excluding carboxylic acids is 1. The lowest BCUT2D eigenvalue weighted by atomic mass is 10.1. The number of carbonyl (C=O) groups is 1. The maximum atomic E-state index is 12.6. The molecule has 0 atom stereocenters. The van der Waals surface area contributed by atoms with Crippen LogP contribution in [-0.4, -0.2) is 46.8 Å². The largest absolute Gasteiger partial charge is 0.337 e. The molecule has 1 saturated heterocycles. The van der Waals surface area contributed by atoms with Crippen molar-refractivity contribution in [1.82, 2.24) is 20.0 Å². The van der Waals surface area contributed by atoms with Gasteiger partial charge in [-0.3, -0.25) is 4.79 Å². The molecule has 0 bridgehead atoms. The molecule has 1 aromatic carbocycles. The summed E-state index contributed by atoms with van der Waals surface area (Å²) in [6.07, 6.45) is 3.69. The van der Waals surface area contributed by atoms with Crippen LogP contribution < -0.4 is 5.32 Å². The van der Waals surface area contributed by atoms with Gasteiger partial charge in [-0.15, -0.1) is 0 Å². The predicted molar refractivity (Wildman–Crippen MR) is 91.6 cm³/mol. The second-order valence-corrected chi connectivity index (χ2v) is 6.46. The lowest BCUT2D eigenvalue weighted by Crippen LogP contribution is -2.44. The van der Waals surface area contributed by atoms with Crippen molar-refractivity contribution in [1.29, 1.82) is 0 Å². The van der Waals surface area contributed by atoms with Crippen LogP contribution in [-0.2, 0) is 0 Å². The fourth-order valence-electron chi connectivity index (χ4n) is 2.75. The molecule has 0 saturated carbocycles. The molecule has 2 heterocycles. The Bertz CT molecular complexity index is 710. The van der Waals surface area contributed by atoms with Gasteiger partial charge in [-0.2, -0.15) is 5.10 Å². The highest BCUT2D eigenvalue weighted by molar-refractivity contribution is 6.42. The standard InChI is InChI=1S/C16H18Cl2N4O/c1-21(11-4-7-19-8-5-11)16(23)15-6-9-22(20-15)12-2-3-13(17)14(18)10-12/h2-3,6,9-11,19H,4-5,7-8H2,1H3. The number of amides is 1. The Morgan fingerprint density at radius 3 is 2.70 bits per heavy atom. The maximum absolute atomic E-state index is 12.6. The van der Waals surface area contributed by atoms with Gasteiger partial charge in [0.25, 0.3) is 5.91 Å². The quantitative estimate of drug-likeness (QED) is 0.923.